The number of carboxylic acid groups (broad SMARTS) is 1. The van der Waals surface area contributed by atoms with Crippen LogP contribution >= 0.6 is 0 Å². The molecular formula is C14H15F3O2. The molecule has 0 atom stereocenters. The first kappa shape index (κ1) is 13.9. The molecule has 0 radical (unpaired) electrons. The fourth-order valence-corrected chi connectivity index (χ4v) is 2.87. The van der Waals surface area contributed by atoms with Crippen molar-refractivity contribution in [1.29, 1.82) is 0 Å². The summed E-state index contributed by atoms with van der Waals surface area (Å²) in [4.78, 5) is 10.9. The van der Waals surface area contributed by atoms with Crippen LogP contribution in [0.5, 0.6) is 0 Å². The van der Waals surface area contributed by atoms with Crippen molar-refractivity contribution in [3.8, 4) is 0 Å². The van der Waals surface area contributed by atoms with Gasteiger partial charge in [0, 0.05) is 5.41 Å². The Hall–Kier alpha value is -1.52. The van der Waals surface area contributed by atoms with Gasteiger partial charge in [-0.15, -0.1) is 0 Å². The van der Waals surface area contributed by atoms with Gasteiger partial charge >= 0.3 is 12.1 Å². The first-order valence-corrected chi connectivity index (χ1v) is 6.15. The molecule has 1 aromatic rings. The van der Waals surface area contributed by atoms with Crippen LogP contribution in [0.4, 0.5) is 13.2 Å². The smallest absolute Gasteiger partial charge is 0.416 e. The maximum atomic E-state index is 12.6. The summed E-state index contributed by atoms with van der Waals surface area (Å²) in [6, 6.07) is 3.60. The minimum absolute atomic E-state index is 0.0147. The van der Waals surface area contributed by atoms with E-state index in [4.69, 9.17) is 5.11 Å². The predicted octanol–water partition coefficient (Wildman–Crippen LogP) is 3.91. The molecule has 5 heteroatoms. The Bertz CT molecular complexity index is 502. The molecule has 0 saturated heterocycles. The molecule has 0 unspecified atom stereocenters. The van der Waals surface area contributed by atoms with Crippen LogP contribution in [-0.4, -0.2) is 11.1 Å². The molecule has 2 nitrogen and oxygen atoms in total. The maximum absolute atomic E-state index is 12.6. The Morgan fingerprint density at radius 3 is 2.37 bits per heavy atom. The first-order chi connectivity index (χ1) is 8.74. The zero-order chi connectivity index (χ0) is 14.3. The van der Waals surface area contributed by atoms with E-state index in [0.29, 0.717) is 5.56 Å². The molecule has 2 rings (SSSR count). The molecule has 0 heterocycles. The fourth-order valence-electron chi connectivity index (χ4n) is 2.87. The summed E-state index contributed by atoms with van der Waals surface area (Å²) in [5.74, 6) is -0.904. The van der Waals surface area contributed by atoms with E-state index < -0.39 is 23.1 Å². The van der Waals surface area contributed by atoms with Crippen LogP contribution in [0, 0.1) is 6.92 Å². The van der Waals surface area contributed by atoms with E-state index in [0.717, 1.165) is 37.0 Å². The summed E-state index contributed by atoms with van der Waals surface area (Å²) < 4.78 is 37.8. The third-order valence-corrected chi connectivity index (χ3v) is 3.93. The Morgan fingerprint density at radius 2 is 2.00 bits per heavy atom. The number of carbonyl (C=O) groups is 1. The quantitative estimate of drug-likeness (QED) is 0.905. The van der Waals surface area contributed by atoms with E-state index in [1.54, 1.807) is 6.92 Å². The molecule has 104 valence electrons. The van der Waals surface area contributed by atoms with Gasteiger partial charge in [-0.25, -0.2) is 0 Å². The van der Waals surface area contributed by atoms with Crippen LogP contribution in [0.1, 0.15) is 42.4 Å². The van der Waals surface area contributed by atoms with E-state index in [1.165, 1.54) is 6.07 Å². The van der Waals surface area contributed by atoms with E-state index >= 15 is 0 Å². The minimum atomic E-state index is -4.36. The van der Waals surface area contributed by atoms with Gasteiger partial charge in [-0.2, -0.15) is 13.2 Å². The number of halogens is 3. The van der Waals surface area contributed by atoms with Crippen molar-refractivity contribution in [2.45, 2.75) is 44.2 Å². The lowest BCUT2D eigenvalue weighted by Gasteiger charge is -2.42. The van der Waals surface area contributed by atoms with Crippen LogP contribution in [0.2, 0.25) is 0 Å². The first-order valence-electron chi connectivity index (χ1n) is 6.15. The van der Waals surface area contributed by atoms with Crippen LogP contribution in [-0.2, 0) is 16.4 Å². The van der Waals surface area contributed by atoms with Crippen LogP contribution in [0.25, 0.3) is 0 Å². The highest BCUT2D eigenvalue weighted by Crippen LogP contribution is 2.48. The highest BCUT2D eigenvalue weighted by atomic mass is 19.4. The molecule has 0 amide bonds. The zero-order valence-corrected chi connectivity index (χ0v) is 10.5. The van der Waals surface area contributed by atoms with Gasteiger partial charge < -0.3 is 5.11 Å². The number of aliphatic carboxylic acids is 1. The second-order valence-electron chi connectivity index (χ2n) is 5.23. The average molecular weight is 272 g/mol. The molecule has 19 heavy (non-hydrogen) atoms. The summed E-state index contributed by atoms with van der Waals surface area (Å²) in [5.41, 5.74) is 0.114. The number of benzene rings is 1. The number of alkyl halides is 3. The third-order valence-electron chi connectivity index (χ3n) is 3.93. The lowest BCUT2D eigenvalue weighted by atomic mass is 9.61. The lowest BCUT2D eigenvalue weighted by molar-refractivity contribution is -0.140. The van der Waals surface area contributed by atoms with Crippen molar-refractivity contribution in [3.05, 3.63) is 34.9 Å². The van der Waals surface area contributed by atoms with Crippen molar-refractivity contribution in [2.24, 2.45) is 0 Å². The normalized spacial score (nSPS) is 17.9. The SMILES string of the molecule is Cc1cc(C(F)(F)F)ccc1C1(CC(=O)O)CCC1. The van der Waals surface area contributed by atoms with Crippen molar-refractivity contribution < 1.29 is 23.1 Å². The van der Waals surface area contributed by atoms with Gasteiger partial charge in [0.1, 0.15) is 0 Å². The van der Waals surface area contributed by atoms with Crippen LogP contribution in [0.3, 0.4) is 0 Å². The fraction of sp³-hybridized carbons (Fsp3) is 0.500. The molecule has 1 saturated carbocycles. The van der Waals surface area contributed by atoms with Crippen molar-refractivity contribution >= 4 is 5.97 Å². The van der Waals surface area contributed by atoms with E-state index in [9.17, 15) is 18.0 Å². The number of aryl methyl sites for hydroxylation is 1. The van der Waals surface area contributed by atoms with Gasteiger partial charge in [-0.3, -0.25) is 4.79 Å². The molecular weight excluding hydrogens is 257 g/mol. The zero-order valence-electron chi connectivity index (χ0n) is 10.5. The molecule has 1 aliphatic carbocycles. The topological polar surface area (TPSA) is 37.3 Å². The van der Waals surface area contributed by atoms with Crippen LogP contribution < -0.4 is 0 Å². The van der Waals surface area contributed by atoms with Crippen molar-refractivity contribution in [1.82, 2.24) is 0 Å². The highest BCUT2D eigenvalue weighted by Gasteiger charge is 2.42. The second-order valence-corrected chi connectivity index (χ2v) is 5.23. The van der Waals surface area contributed by atoms with E-state index in [2.05, 4.69) is 0 Å². The summed E-state index contributed by atoms with van der Waals surface area (Å²) >= 11 is 0. The van der Waals surface area contributed by atoms with Gasteiger partial charge in [0.2, 0.25) is 0 Å². The molecule has 1 aromatic carbocycles. The monoisotopic (exact) mass is 272 g/mol. The maximum Gasteiger partial charge on any atom is 0.416 e. The minimum Gasteiger partial charge on any atom is -0.481 e. The summed E-state index contributed by atoms with van der Waals surface area (Å²) in [6.07, 6.45) is -1.99. The Balaban J connectivity index is 2.38. The summed E-state index contributed by atoms with van der Waals surface area (Å²) in [5, 5.41) is 8.97. The van der Waals surface area contributed by atoms with Crippen molar-refractivity contribution in [3.63, 3.8) is 0 Å². The molecule has 0 aromatic heterocycles. The average Bonchev–Trinajstić information content (AvgIpc) is 2.22. The van der Waals surface area contributed by atoms with Gasteiger partial charge in [0.25, 0.3) is 0 Å². The molecule has 0 aliphatic heterocycles. The number of carboxylic acids is 1. The third kappa shape index (κ3) is 2.60. The van der Waals surface area contributed by atoms with Gasteiger partial charge in [0.15, 0.2) is 0 Å². The lowest BCUT2D eigenvalue weighted by Crippen LogP contribution is -2.37. The Kier molecular flexibility index (Phi) is 3.32. The highest BCUT2D eigenvalue weighted by molar-refractivity contribution is 5.69. The molecule has 0 spiro atoms. The number of hydrogen-bond acceptors (Lipinski definition) is 1. The van der Waals surface area contributed by atoms with E-state index in [1.807, 2.05) is 0 Å². The largest absolute Gasteiger partial charge is 0.481 e. The number of hydrogen-bond donors (Lipinski definition) is 1. The summed E-state index contributed by atoms with van der Waals surface area (Å²) in [7, 11) is 0. The summed E-state index contributed by atoms with van der Waals surface area (Å²) in [6.45, 7) is 1.62. The predicted molar refractivity (Wildman–Crippen MR) is 64.0 cm³/mol. The van der Waals surface area contributed by atoms with Crippen LogP contribution in [0.15, 0.2) is 18.2 Å². The van der Waals surface area contributed by atoms with E-state index in [-0.39, 0.29) is 6.42 Å². The number of rotatable bonds is 3. The molecule has 0 bridgehead atoms. The standard InChI is InChI=1S/C14H15F3O2/c1-9-7-10(14(15,16)17)3-4-11(9)13(5-2-6-13)8-12(18)19/h3-4,7H,2,5-6,8H2,1H3,(H,18,19). The Labute approximate surface area is 109 Å². The van der Waals surface area contributed by atoms with Gasteiger partial charge in [-0.1, -0.05) is 12.5 Å². The molecule has 1 aliphatic rings. The Morgan fingerprint density at radius 1 is 1.37 bits per heavy atom. The van der Waals surface area contributed by atoms with Gasteiger partial charge in [0.05, 0.1) is 12.0 Å². The van der Waals surface area contributed by atoms with Crippen molar-refractivity contribution in [2.75, 3.05) is 0 Å². The molecule has 1 fully saturated rings. The van der Waals surface area contributed by atoms with Gasteiger partial charge in [-0.05, 0) is 43.0 Å². The second kappa shape index (κ2) is 4.54. The molecule has 1 N–H and O–H groups in total.